The fraction of sp³-hybridized carbons (Fsp3) is 0.333. The topological polar surface area (TPSA) is 53.2 Å². The Morgan fingerprint density at radius 1 is 1.04 bits per heavy atom. The highest BCUT2D eigenvalue weighted by atomic mass is 32.2. The Balaban J connectivity index is 1.62. The van der Waals surface area contributed by atoms with Crippen molar-refractivity contribution >= 4 is 20.9 Å². The van der Waals surface area contributed by atoms with Crippen molar-refractivity contribution in [2.75, 3.05) is 13.1 Å². The summed E-state index contributed by atoms with van der Waals surface area (Å²) in [5, 5.41) is 1.18. The average Bonchev–Trinajstić information content (AvgIpc) is 3.08. The first-order valence-electron chi connectivity index (χ1n) is 9.10. The van der Waals surface area contributed by atoms with E-state index in [0.717, 1.165) is 35.2 Å². The Kier molecular flexibility index (Phi) is 4.37. The summed E-state index contributed by atoms with van der Waals surface area (Å²) in [7, 11) is -3.45. The van der Waals surface area contributed by atoms with Crippen molar-refractivity contribution in [2.45, 2.75) is 37.5 Å². The van der Waals surface area contributed by atoms with Crippen molar-refractivity contribution in [1.29, 1.82) is 0 Å². The number of hydrogen-bond acceptors (Lipinski definition) is 2. The van der Waals surface area contributed by atoms with Crippen molar-refractivity contribution < 1.29 is 8.42 Å². The number of aryl methyl sites for hydroxylation is 2. The molecule has 2 aromatic carbocycles. The SMILES string of the molecule is Cc1ccc(S(=O)(=O)N2CCCC(c3cc4ccccc4[nH]3)C2)cc1C. The van der Waals surface area contributed by atoms with Crippen molar-refractivity contribution in [3.63, 3.8) is 0 Å². The van der Waals surface area contributed by atoms with Crippen molar-refractivity contribution in [1.82, 2.24) is 9.29 Å². The summed E-state index contributed by atoms with van der Waals surface area (Å²) in [6, 6.07) is 15.7. The lowest BCUT2D eigenvalue weighted by molar-refractivity contribution is 0.313. The number of fused-ring (bicyclic) bond motifs is 1. The fourth-order valence-electron chi connectivity index (χ4n) is 3.75. The van der Waals surface area contributed by atoms with Gasteiger partial charge < -0.3 is 4.98 Å². The van der Waals surface area contributed by atoms with Gasteiger partial charge in [0.1, 0.15) is 0 Å². The van der Waals surface area contributed by atoms with E-state index in [1.165, 1.54) is 5.39 Å². The van der Waals surface area contributed by atoms with Crippen LogP contribution in [0.1, 0.15) is 35.6 Å². The van der Waals surface area contributed by atoms with Crippen LogP contribution < -0.4 is 0 Å². The summed E-state index contributed by atoms with van der Waals surface area (Å²) >= 11 is 0. The van der Waals surface area contributed by atoms with E-state index in [-0.39, 0.29) is 5.92 Å². The van der Waals surface area contributed by atoms with Crippen LogP contribution in [0.25, 0.3) is 10.9 Å². The predicted molar refractivity (Wildman–Crippen MR) is 105 cm³/mol. The molecule has 1 aliphatic heterocycles. The number of nitrogens with one attached hydrogen (secondary N) is 1. The Morgan fingerprint density at radius 3 is 2.62 bits per heavy atom. The number of sulfonamides is 1. The molecule has 1 aliphatic rings. The summed E-state index contributed by atoms with van der Waals surface area (Å²) < 4.78 is 27.9. The van der Waals surface area contributed by atoms with Crippen LogP contribution in [-0.2, 0) is 10.0 Å². The average molecular weight is 369 g/mol. The number of aromatic amines is 1. The van der Waals surface area contributed by atoms with E-state index in [1.807, 2.05) is 32.0 Å². The predicted octanol–water partition coefficient (Wildman–Crippen LogP) is 4.35. The number of hydrogen-bond donors (Lipinski definition) is 1. The molecule has 1 fully saturated rings. The maximum Gasteiger partial charge on any atom is 0.243 e. The molecule has 2 heterocycles. The second-order valence-corrected chi connectivity index (χ2v) is 9.20. The highest BCUT2D eigenvalue weighted by Crippen LogP contribution is 2.32. The lowest BCUT2D eigenvalue weighted by Gasteiger charge is -2.31. The fourth-order valence-corrected chi connectivity index (χ4v) is 5.36. The van der Waals surface area contributed by atoms with Gasteiger partial charge in [0, 0.05) is 30.2 Å². The van der Waals surface area contributed by atoms with Crippen molar-refractivity contribution in [2.24, 2.45) is 0 Å². The zero-order valence-electron chi connectivity index (χ0n) is 15.2. The van der Waals surface area contributed by atoms with Gasteiger partial charge in [0.15, 0.2) is 0 Å². The van der Waals surface area contributed by atoms with Crippen LogP contribution in [0.5, 0.6) is 0 Å². The molecule has 1 atom stereocenters. The minimum Gasteiger partial charge on any atom is -0.358 e. The van der Waals surface area contributed by atoms with Crippen molar-refractivity contribution in [3.8, 4) is 0 Å². The molecular formula is C21H24N2O2S. The first kappa shape index (κ1) is 17.3. The Morgan fingerprint density at radius 2 is 1.85 bits per heavy atom. The molecule has 0 radical (unpaired) electrons. The van der Waals surface area contributed by atoms with E-state index >= 15 is 0 Å². The normalized spacial score (nSPS) is 19.1. The molecule has 0 spiro atoms. The summed E-state index contributed by atoms with van der Waals surface area (Å²) in [6.45, 7) is 5.07. The molecule has 4 rings (SSSR count). The lowest BCUT2D eigenvalue weighted by Crippen LogP contribution is -2.39. The summed E-state index contributed by atoms with van der Waals surface area (Å²) in [6.07, 6.45) is 1.88. The van der Waals surface area contributed by atoms with E-state index < -0.39 is 10.0 Å². The standard InChI is InChI=1S/C21H24N2O2S/c1-15-9-10-19(12-16(15)2)26(24,25)23-11-5-7-18(14-23)21-13-17-6-3-4-8-20(17)22-21/h3-4,6,8-10,12-13,18,22H,5,7,11,14H2,1-2H3. The largest absolute Gasteiger partial charge is 0.358 e. The monoisotopic (exact) mass is 368 g/mol. The van der Waals surface area contributed by atoms with Gasteiger partial charge in [-0.05, 0) is 67.5 Å². The Bertz CT molecular complexity index is 1020. The van der Waals surface area contributed by atoms with E-state index in [1.54, 1.807) is 16.4 Å². The smallest absolute Gasteiger partial charge is 0.243 e. The molecule has 136 valence electrons. The van der Waals surface area contributed by atoms with E-state index in [9.17, 15) is 8.42 Å². The number of nitrogens with zero attached hydrogens (tertiary/aromatic N) is 1. The molecule has 4 nitrogen and oxygen atoms in total. The van der Waals surface area contributed by atoms with Crippen LogP contribution in [0.15, 0.2) is 53.4 Å². The lowest BCUT2D eigenvalue weighted by atomic mass is 9.96. The number of H-pyrrole nitrogens is 1. The maximum absolute atomic E-state index is 13.1. The van der Waals surface area contributed by atoms with Crippen LogP contribution in [0.2, 0.25) is 0 Å². The number of rotatable bonds is 3. The van der Waals surface area contributed by atoms with Gasteiger partial charge in [-0.1, -0.05) is 24.3 Å². The summed E-state index contributed by atoms with van der Waals surface area (Å²) in [5.41, 5.74) is 4.36. The molecule has 0 aliphatic carbocycles. The Hall–Kier alpha value is -2.11. The molecule has 0 amide bonds. The zero-order valence-corrected chi connectivity index (χ0v) is 16.0. The van der Waals surface area contributed by atoms with Gasteiger partial charge in [-0.2, -0.15) is 4.31 Å². The van der Waals surface area contributed by atoms with Gasteiger partial charge in [-0.25, -0.2) is 8.42 Å². The summed E-state index contributed by atoms with van der Waals surface area (Å²) in [4.78, 5) is 3.87. The molecule has 0 saturated carbocycles. The first-order valence-corrected chi connectivity index (χ1v) is 10.5. The summed E-state index contributed by atoms with van der Waals surface area (Å²) in [5.74, 6) is 0.206. The molecule has 1 saturated heterocycles. The van der Waals surface area contributed by atoms with Gasteiger partial charge in [0.25, 0.3) is 0 Å². The second kappa shape index (κ2) is 6.56. The number of benzene rings is 2. The van der Waals surface area contributed by atoms with Gasteiger partial charge in [-0.15, -0.1) is 0 Å². The van der Waals surface area contributed by atoms with Crippen LogP contribution in [0, 0.1) is 13.8 Å². The molecule has 5 heteroatoms. The van der Waals surface area contributed by atoms with Gasteiger partial charge >= 0.3 is 0 Å². The number of aromatic nitrogens is 1. The van der Waals surface area contributed by atoms with E-state index in [2.05, 4.69) is 23.2 Å². The molecule has 1 aromatic heterocycles. The van der Waals surface area contributed by atoms with Gasteiger partial charge in [0.2, 0.25) is 10.0 Å². The van der Waals surface area contributed by atoms with Crippen molar-refractivity contribution in [3.05, 3.63) is 65.4 Å². The molecule has 1 N–H and O–H groups in total. The molecule has 1 unspecified atom stereocenters. The highest BCUT2D eigenvalue weighted by Gasteiger charge is 2.31. The molecule has 0 bridgehead atoms. The van der Waals surface area contributed by atoms with Crippen LogP contribution >= 0.6 is 0 Å². The Labute approximate surface area is 154 Å². The van der Waals surface area contributed by atoms with E-state index in [4.69, 9.17) is 0 Å². The number of para-hydroxylation sites is 1. The van der Waals surface area contributed by atoms with E-state index in [0.29, 0.717) is 18.0 Å². The quantitative estimate of drug-likeness (QED) is 0.747. The second-order valence-electron chi connectivity index (χ2n) is 7.26. The third kappa shape index (κ3) is 3.06. The zero-order chi connectivity index (χ0) is 18.3. The van der Waals surface area contributed by atoms with Crippen LogP contribution in [0.3, 0.4) is 0 Å². The third-order valence-electron chi connectivity index (χ3n) is 5.49. The number of piperidine rings is 1. The minimum atomic E-state index is -3.45. The maximum atomic E-state index is 13.1. The van der Waals surface area contributed by atoms with Gasteiger partial charge in [0.05, 0.1) is 4.90 Å². The van der Waals surface area contributed by atoms with Crippen LogP contribution in [0.4, 0.5) is 0 Å². The first-order chi connectivity index (χ1) is 12.4. The highest BCUT2D eigenvalue weighted by molar-refractivity contribution is 7.89. The minimum absolute atomic E-state index is 0.206. The van der Waals surface area contributed by atoms with Gasteiger partial charge in [-0.3, -0.25) is 0 Å². The van der Waals surface area contributed by atoms with Crippen LogP contribution in [-0.4, -0.2) is 30.8 Å². The molecular weight excluding hydrogens is 344 g/mol. The molecule has 3 aromatic rings. The third-order valence-corrected chi connectivity index (χ3v) is 7.35. The molecule has 26 heavy (non-hydrogen) atoms.